The molecular weight excluding hydrogens is 212 g/mol. The van der Waals surface area contributed by atoms with Crippen molar-refractivity contribution in [2.75, 3.05) is 11.9 Å². The van der Waals surface area contributed by atoms with E-state index in [0.29, 0.717) is 11.7 Å². The normalized spacial score (nSPS) is 20.5. The molecule has 1 N–H and O–H groups in total. The molecule has 0 aliphatic carbocycles. The number of carbonyl (C=O) groups excluding carboxylic acids is 1. The lowest BCUT2D eigenvalue weighted by Gasteiger charge is -2.07. The van der Waals surface area contributed by atoms with Crippen LogP contribution in [0, 0.1) is 13.8 Å². The number of hydrogen-bond donors (Lipinski definition) is 1. The average molecular weight is 226 g/mol. The monoisotopic (exact) mass is 226 g/mol. The zero-order valence-corrected chi connectivity index (χ0v) is 9.69. The Kier molecular flexibility index (Phi) is 3.02. The average Bonchev–Trinajstić information content (AvgIpc) is 2.77. The maximum atomic E-state index is 11.7. The van der Waals surface area contributed by atoms with Crippen LogP contribution >= 0.6 is 11.3 Å². The molecule has 0 radical (unpaired) electrons. The van der Waals surface area contributed by atoms with E-state index in [-0.39, 0.29) is 12.0 Å². The Morgan fingerprint density at radius 3 is 2.93 bits per heavy atom. The van der Waals surface area contributed by atoms with Crippen molar-refractivity contribution in [2.45, 2.75) is 32.8 Å². The van der Waals surface area contributed by atoms with Crippen LogP contribution in [-0.2, 0) is 9.53 Å². The van der Waals surface area contributed by atoms with Crippen LogP contribution in [0.4, 0.5) is 5.13 Å². The first-order chi connectivity index (χ1) is 7.16. The van der Waals surface area contributed by atoms with E-state index in [0.717, 1.165) is 23.4 Å². The van der Waals surface area contributed by atoms with Gasteiger partial charge in [0.1, 0.15) is 6.10 Å². The Bertz CT molecular complexity index is 350. The molecule has 2 heterocycles. The van der Waals surface area contributed by atoms with E-state index < -0.39 is 0 Å². The Hall–Kier alpha value is -0.940. The summed E-state index contributed by atoms with van der Waals surface area (Å²) in [5, 5.41) is 3.46. The number of carbonyl (C=O) groups is 1. The second-order valence-electron chi connectivity index (χ2n) is 3.65. The van der Waals surface area contributed by atoms with Crippen LogP contribution in [0.5, 0.6) is 0 Å². The number of anilines is 1. The smallest absolute Gasteiger partial charge is 0.255 e. The SMILES string of the molecule is Cc1nc(NC(=O)C2CCCO2)sc1C. The minimum atomic E-state index is -0.283. The summed E-state index contributed by atoms with van der Waals surface area (Å²) in [6.45, 7) is 4.62. The molecule has 5 heteroatoms. The van der Waals surface area contributed by atoms with Crippen molar-refractivity contribution in [1.29, 1.82) is 0 Å². The molecule has 1 amide bonds. The summed E-state index contributed by atoms with van der Waals surface area (Å²) in [4.78, 5) is 17.1. The summed E-state index contributed by atoms with van der Waals surface area (Å²) < 4.78 is 5.29. The molecule has 1 fully saturated rings. The first-order valence-electron chi connectivity index (χ1n) is 5.03. The molecule has 15 heavy (non-hydrogen) atoms. The van der Waals surface area contributed by atoms with Gasteiger partial charge in [-0.2, -0.15) is 0 Å². The van der Waals surface area contributed by atoms with Crippen LogP contribution in [0.15, 0.2) is 0 Å². The quantitative estimate of drug-likeness (QED) is 0.837. The van der Waals surface area contributed by atoms with Gasteiger partial charge < -0.3 is 4.74 Å². The number of thiazole rings is 1. The molecular formula is C10H14N2O2S. The lowest BCUT2D eigenvalue weighted by Crippen LogP contribution is -2.26. The fraction of sp³-hybridized carbons (Fsp3) is 0.600. The van der Waals surface area contributed by atoms with Gasteiger partial charge in [-0.25, -0.2) is 4.98 Å². The van der Waals surface area contributed by atoms with Gasteiger partial charge in [0.15, 0.2) is 5.13 Å². The van der Waals surface area contributed by atoms with Gasteiger partial charge in [-0.15, -0.1) is 11.3 Å². The van der Waals surface area contributed by atoms with Crippen molar-refractivity contribution in [1.82, 2.24) is 4.98 Å². The van der Waals surface area contributed by atoms with Crippen LogP contribution in [0.2, 0.25) is 0 Å². The Labute approximate surface area is 92.7 Å². The van der Waals surface area contributed by atoms with Crippen molar-refractivity contribution in [3.8, 4) is 0 Å². The number of hydrogen-bond acceptors (Lipinski definition) is 4. The highest BCUT2D eigenvalue weighted by molar-refractivity contribution is 7.15. The molecule has 1 aromatic rings. The summed E-state index contributed by atoms with van der Waals surface area (Å²) in [5.74, 6) is -0.0683. The third-order valence-electron chi connectivity index (χ3n) is 2.48. The van der Waals surface area contributed by atoms with Crippen molar-refractivity contribution in [3.63, 3.8) is 0 Å². The van der Waals surface area contributed by atoms with E-state index in [1.807, 2.05) is 13.8 Å². The van der Waals surface area contributed by atoms with Crippen LogP contribution in [-0.4, -0.2) is 23.6 Å². The number of rotatable bonds is 2. The minimum Gasteiger partial charge on any atom is -0.368 e. The highest BCUT2D eigenvalue weighted by Crippen LogP contribution is 2.22. The van der Waals surface area contributed by atoms with Crippen LogP contribution < -0.4 is 5.32 Å². The summed E-state index contributed by atoms with van der Waals surface area (Å²) in [6.07, 6.45) is 1.50. The summed E-state index contributed by atoms with van der Waals surface area (Å²) in [6, 6.07) is 0. The molecule has 2 rings (SSSR count). The first-order valence-corrected chi connectivity index (χ1v) is 5.85. The van der Waals surface area contributed by atoms with Gasteiger partial charge in [0, 0.05) is 11.5 Å². The van der Waals surface area contributed by atoms with E-state index >= 15 is 0 Å². The fourth-order valence-corrected chi connectivity index (χ4v) is 2.31. The van der Waals surface area contributed by atoms with E-state index in [1.165, 1.54) is 11.3 Å². The molecule has 1 unspecified atom stereocenters. The van der Waals surface area contributed by atoms with E-state index in [1.54, 1.807) is 0 Å². The fourth-order valence-electron chi connectivity index (χ4n) is 1.50. The third kappa shape index (κ3) is 2.35. The first kappa shape index (κ1) is 10.6. The maximum absolute atomic E-state index is 11.7. The van der Waals surface area contributed by atoms with Gasteiger partial charge in [0.25, 0.3) is 5.91 Å². The lowest BCUT2D eigenvalue weighted by molar-refractivity contribution is -0.124. The largest absolute Gasteiger partial charge is 0.368 e. The molecule has 1 saturated heterocycles. The number of ether oxygens (including phenoxy) is 1. The molecule has 4 nitrogen and oxygen atoms in total. The second-order valence-corrected chi connectivity index (χ2v) is 4.85. The Balaban J connectivity index is 1.99. The summed E-state index contributed by atoms with van der Waals surface area (Å²) in [7, 11) is 0. The highest BCUT2D eigenvalue weighted by atomic mass is 32.1. The van der Waals surface area contributed by atoms with Gasteiger partial charge in [-0.05, 0) is 26.7 Å². The Morgan fingerprint density at radius 1 is 1.60 bits per heavy atom. The predicted octanol–water partition coefficient (Wildman–Crippen LogP) is 1.88. The standard InChI is InChI=1S/C10H14N2O2S/c1-6-7(2)15-10(11-6)12-9(13)8-4-3-5-14-8/h8H,3-5H2,1-2H3,(H,11,12,13). The van der Waals surface area contributed by atoms with Gasteiger partial charge in [-0.3, -0.25) is 10.1 Å². The van der Waals surface area contributed by atoms with Crippen molar-refractivity contribution in [2.24, 2.45) is 0 Å². The van der Waals surface area contributed by atoms with Gasteiger partial charge >= 0.3 is 0 Å². The van der Waals surface area contributed by atoms with Gasteiger partial charge in [0.05, 0.1) is 5.69 Å². The summed E-state index contributed by atoms with van der Waals surface area (Å²) in [5.41, 5.74) is 0.975. The molecule has 82 valence electrons. The molecule has 0 aromatic carbocycles. The zero-order chi connectivity index (χ0) is 10.8. The number of nitrogens with zero attached hydrogens (tertiary/aromatic N) is 1. The molecule has 0 spiro atoms. The molecule has 1 atom stereocenters. The van der Waals surface area contributed by atoms with Crippen LogP contribution in [0.3, 0.4) is 0 Å². The van der Waals surface area contributed by atoms with Crippen molar-refractivity contribution < 1.29 is 9.53 Å². The van der Waals surface area contributed by atoms with Gasteiger partial charge in [-0.1, -0.05) is 0 Å². The van der Waals surface area contributed by atoms with Crippen molar-refractivity contribution in [3.05, 3.63) is 10.6 Å². The molecule has 0 saturated carbocycles. The molecule has 1 aliphatic heterocycles. The second kappa shape index (κ2) is 4.28. The Morgan fingerprint density at radius 2 is 2.40 bits per heavy atom. The lowest BCUT2D eigenvalue weighted by atomic mass is 10.2. The number of amides is 1. The van der Waals surface area contributed by atoms with Crippen LogP contribution in [0.25, 0.3) is 0 Å². The van der Waals surface area contributed by atoms with E-state index in [2.05, 4.69) is 10.3 Å². The van der Waals surface area contributed by atoms with Crippen molar-refractivity contribution >= 4 is 22.4 Å². The highest BCUT2D eigenvalue weighted by Gasteiger charge is 2.24. The number of aryl methyl sites for hydroxylation is 2. The maximum Gasteiger partial charge on any atom is 0.255 e. The van der Waals surface area contributed by atoms with E-state index in [4.69, 9.17) is 4.74 Å². The van der Waals surface area contributed by atoms with E-state index in [9.17, 15) is 4.79 Å². The number of nitrogens with one attached hydrogen (secondary N) is 1. The zero-order valence-electron chi connectivity index (χ0n) is 8.87. The topological polar surface area (TPSA) is 51.2 Å². The van der Waals surface area contributed by atoms with Crippen LogP contribution in [0.1, 0.15) is 23.4 Å². The molecule has 0 bridgehead atoms. The summed E-state index contributed by atoms with van der Waals surface area (Å²) >= 11 is 1.50. The predicted molar refractivity (Wildman–Crippen MR) is 59.2 cm³/mol. The number of aromatic nitrogens is 1. The van der Waals surface area contributed by atoms with Gasteiger partial charge in [0.2, 0.25) is 0 Å². The molecule has 1 aliphatic rings. The minimum absolute atomic E-state index is 0.0683. The third-order valence-corrected chi connectivity index (χ3v) is 3.47. The molecule has 1 aromatic heterocycles.